The second-order valence-electron chi connectivity index (χ2n) is 11.2. The van der Waals surface area contributed by atoms with Crippen molar-refractivity contribution in [1.29, 1.82) is 0 Å². The quantitative estimate of drug-likeness (QED) is 0.208. The zero-order chi connectivity index (χ0) is 32.6. The van der Waals surface area contributed by atoms with Crippen molar-refractivity contribution in [2.75, 3.05) is 6.54 Å². The van der Waals surface area contributed by atoms with E-state index in [-0.39, 0.29) is 18.8 Å². The van der Waals surface area contributed by atoms with Gasteiger partial charge in [0, 0.05) is 18.4 Å². The van der Waals surface area contributed by atoms with Gasteiger partial charge < -0.3 is 20.6 Å². The minimum Gasteiger partial charge on any atom is -0.481 e. The average Bonchev–Trinajstić information content (AvgIpc) is 3.40. The number of amides is 3. The summed E-state index contributed by atoms with van der Waals surface area (Å²) in [5.41, 5.74) is 1.73. The highest BCUT2D eigenvalue weighted by molar-refractivity contribution is 5.99. The van der Waals surface area contributed by atoms with Gasteiger partial charge in [0.15, 0.2) is 11.6 Å². The zero-order valence-electron chi connectivity index (χ0n) is 25.2. The van der Waals surface area contributed by atoms with Gasteiger partial charge in [0.25, 0.3) is 5.91 Å². The number of benzene rings is 2. The number of hydrogen-bond acceptors (Lipinski definition) is 9. The Balaban J connectivity index is 1.24. The molecule has 2 aromatic heterocycles. The molecule has 0 bridgehead atoms. The maximum atomic E-state index is 13.6. The fraction of sp³-hybridized carbons (Fsp3) is 0.344. The van der Waals surface area contributed by atoms with E-state index in [0.717, 1.165) is 10.9 Å². The maximum Gasteiger partial charge on any atom is 0.305 e. The van der Waals surface area contributed by atoms with Crippen molar-refractivity contribution < 1.29 is 29.1 Å². The van der Waals surface area contributed by atoms with Gasteiger partial charge in [-0.15, -0.1) is 5.10 Å². The molecule has 5 rings (SSSR count). The lowest BCUT2D eigenvalue weighted by molar-refractivity contribution is -0.143. The lowest BCUT2D eigenvalue weighted by atomic mass is 10.1. The number of pyridine rings is 1. The van der Waals surface area contributed by atoms with Crippen LogP contribution >= 0.6 is 0 Å². The van der Waals surface area contributed by atoms with Crippen LogP contribution in [0.15, 0.2) is 66.7 Å². The minimum absolute atomic E-state index is 0.164. The van der Waals surface area contributed by atoms with Crippen molar-refractivity contribution in [1.82, 2.24) is 40.7 Å². The molecule has 4 aromatic rings. The van der Waals surface area contributed by atoms with E-state index in [4.69, 9.17) is 0 Å². The molecule has 0 spiro atoms. The molecule has 14 heteroatoms. The summed E-state index contributed by atoms with van der Waals surface area (Å²) in [6.45, 7) is 1.39. The van der Waals surface area contributed by atoms with Crippen LogP contribution in [-0.2, 0) is 32.1 Å². The minimum atomic E-state index is -1.39. The first-order valence-electron chi connectivity index (χ1n) is 15.0. The molecule has 1 fully saturated rings. The summed E-state index contributed by atoms with van der Waals surface area (Å²) in [7, 11) is 0. The standard InChI is InChI=1S/C32H34N8O6/c1-20(39-16-8-7-13-25(32(39)46)34-31(45)24-15-14-22-11-5-6-12-23(22)33-24)30(44)35-26(18-29(42)43)27(41)19-40-28(36-37-38-40)17-21-9-3-2-4-10-21/h2-6,9-12,14-15,20,25-26H,7-8,13,16-19H2,1H3,(H,34,45)(H,35,44)(H,42,43)/t20?,25-,26?/m0/s1. The molecule has 0 radical (unpaired) electrons. The summed E-state index contributed by atoms with van der Waals surface area (Å²) in [5, 5.41) is 27.2. The van der Waals surface area contributed by atoms with Crippen LogP contribution in [0.2, 0.25) is 0 Å². The number of Topliss-reactive ketones (excluding diaryl/α,β-unsaturated/α-hetero) is 1. The van der Waals surface area contributed by atoms with Crippen molar-refractivity contribution in [3.05, 3.63) is 83.8 Å². The topological polar surface area (TPSA) is 189 Å². The molecule has 1 saturated heterocycles. The Kier molecular flexibility index (Phi) is 10.0. The molecule has 0 saturated carbocycles. The van der Waals surface area contributed by atoms with Crippen LogP contribution in [0.1, 0.15) is 54.5 Å². The second-order valence-corrected chi connectivity index (χ2v) is 11.2. The number of carbonyl (C=O) groups excluding carboxylic acids is 4. The molecular formula is C32H34N8O6. The average molecular weight is 627 g/mol. The van der Waals surface area contributed by atoms with Crippen LogP contribution in [0.4, 0.5) is 0 Å². The van der Waals surface area contributed by atoms with Crippen molar-refractivity contribution in [3.8, 4) is 0 Å². The molecular weight excluding hydrogens is 592 g/mol. The number of tetrazole rings is 1. The normalized spacial score (nSPS) is 16.3. The summed E-state index contributed by atoms with van der Waals surface area (Å²) in [4.78, 5) is 70.7. The molecule has 238 valence electrons. The summed E-state index contributed by atoms with van der Waals surface area (Å²) in [6, 6.07) is 16.8. The lowest BCUT2D eigenvalue weighted by Gasteiger charge is -2.30. The molecule has 14 nitrogen and oxygen atoms in total. The number of hydrogen-bond donors (Lipinski definition) is 3. The van der Waals surface area contributed by atoms with Gasteiger partial charge in [-0.2, -0.15) is 0 Å². The Morgan fingerprint density at radius 1 is 1.00 bits per heavy atom. The molecule has 46 heavy (non-hydrogen) atoms. The van der Waals surface area contributed by atoms with Crippen LogP contribution in [0.3, 0.4) is 0 Å². The van der Waals surface area contributed by atoms with Crippen LogP contribution in [0, 0.1) is 0 Å². The van der Waals surface area contributed by atoms with E-state index in [1.165, 1.54) is 16.5 Å². The third kappa shape index (κ3) is 7.75. The van der Waals surface area contributed by atoms with E-state index in [9.17, 15) is 29.1 Å². The van der Waals surface area contributed by atoms with Gasteiger partial charge in [0.2, 0.25) is 11.8 Å². The molecule has 1 aliphatic rings. The van der Waals surface area contributed by atoms with Crippen molar-refractivity contribution in [3.63, 3.8) is 0 Å². The van der Waals surface area contributed by atoms with Crippen LogP contribution in [0.5, 0.6) is 0 Å². The summed E-state index contributed by atoms with van der Waals surface area (Å²) < 4.78 is 1.27. The number of nitrogens with one attached hydrogen (secondary N) is 2. The van der Waals surface area contributed by atoms with E-state index >= 15 is 0 Å². The Morgan fingerprint density at radius 3 is 2.54 bits per heavy atom. The number of para-hydroxylation sites is 1. The number of aliphatic carboxylic acids is 1. The van der Waals surface area contributed by atoms with Gasteiger partial charge >= 0.3 is 5.97 Å². The highest BCUT2D eigenvalue weighted by Crippen LogP contribution is 2.17. The highest BCUT2D eigenvalue weighted by Gasteiger charge is 2.35. The predicted molar refractivity (Wildman–Crippen MR) is 164 cm³/mol. The van der Waals surface area contributed by atoms with Crippen LogP contribution in [-0.4, -0.2) is 89.3 Å². The summed E-state index contributed by atoms with van der Waals surface area (Å²) >= 11 is 0. The van der Waals surface area contributed by atoms with E-state index in [2.05, 4.69) is 31.1 Å². The first kappa shape index (κ1) is 31.9. The highest BCUT2D eigenvalue weighted by atomic mass is 16.4. The van der Waals surface area contributed by atoms with Gasteiger partial charge in [0.1, 0.15) is 24.3 Å². The number of carbonyl (C=O) groups is 5. The Hall–Kier alpha value is -5.53. The smallest absolute Gasteiger partial charge is 0.305 e. The fourth-order valence-electron chi connectivity index (χ4n) is 5.37. The first-order chi connectivity index (χ1) is 22.2. The number of carboxylic acid groups (broad SMARTS) is 1. The molecule has 0 aliphatic carbocycles. The van der Waals surface area contributed by atoms with E-state index in [0.29, 0.717) is 37.0 Å². The molecule has 2 aromatic carbocycles. The van der Waals surface area contributed by atoms with E-state index < -0.39 is 54.0 Å². The van der Waals surface area contributed by atoms with Gasteiger partial charge in [0.05, 0.1) is 18.0 Å². The Labute approximate surface area is 264 Å². The molecule has 3 heterocycles. The number of ketones is 1. The van der Waals surface area contributed by atoms with Crippen LogP contribution in [0.25, 0.3) is 10.9 Å². The molecule has 3 atom stereocenters. The van der Waals surface area contributed by atoms with Gasteiger partial charge in [-0.05, 0) is 54.3 Å². The van der Waals surface area contributed by atoms with E-state index in [1.54, 1.807) is 18.2 Å². The van der Waals surface area contributed by atoms with Gasteiger partial charge in [-0.1, -0.05) is 54.6 Å². The maximum absolute atomic E-state index is 13.6. The van der Waals surface area contributed by atoms with Gasteiger partial charge in [-0.3, -0.25) is 24.0 Å². The third-order valence-corrected chi connectivity index (χ3v) is 7.91. The number of carboxylic acids is 1. The number of fused-ring (bicyclic) bond motifs is 1. The Bertz CT molecular complexity index is 1740. The predicted octanol–water partition coefficient (Wildman–Crippen LogP) is 1.54. The molecule has 1 aliphatic heterocycles. The monoisotopic (exact) mass is 626 g/mol. The second kappa shape index (κ2) is 14.5. The first-order valence-corrected chi connectivity index (χ1v) is 15.0. The summed E-state index contributed by atoms with van der Waals surface area (Å²) in [5.74, 6) is -3.16. The van der Waals surface area contributed by atoms with Crippen molar-refractivity contribution in [2.45, 2.75) is 63.7 Å². The lowest BCUT2D eigenvalue weighted by Crippen LogP contribution is -2.56. The Morgan fingerprint density at radius 2 is 1.76 bits per heavy atom. The largest absolute Gasteiger partial charge is 0.481 e. The van der Waals surface area contributed by atoms with E-state index in [1.807, 2.05) is 48.5 Å². The number of aromatic nitrogens is 5. The molecule has 3 amide bonds. The summed E-state index contributed by atoms with van der Waals surface area (Å²) in [6.07, 6.45) is 1.27. The molecule has 3 N–H and O–H groups in total. The van der Waals surface area contributed by atoms with Crippen molar-refractivity contribution in [2.24, 2.45) is 0 Å². The number of nitrogens with zero attached hydrogens (tertiary/aromatic N) is 6. The number of likely N-dealkylation sites (tertiary alicyclic amines) is 1. The fourth-order valence-corrected chi connectivity index (χ4v) is 5.37. The SMILES string of the molecule is CC(C(=O)NC(CC(=O)O)C(=O)Cn1nnnc1Cc1ccccc1)N1CCCC[C@H](NC(=O)c2ccc3ccccc3n2)C1=O. The molecule has 2 unspecified atom stereocenters. The third-order valence-electron chi connectivity index (χ3n) is 7.91. The zero-order valence-corrected chi connectivity index (χ0v) is 25.2. The van der Waals surface area contributed by atoms with Crippen LogP contribution < -0.4 is 10.6 Å². The van der Waals surface area contributed by atoms with Crippen molar-refractivity contribution >= 4 is 40.4 Å². The number of rotatable bonds is 12. The van der Waals surface area contributed by atoms with Gasteiger partial charge in [-0.25, -0.2) is 9.67 Å².